The van der Waals surface area contributed by atoms with Crippen molar-refractivity contribution in [2.24, 2.45) is 0 Å². The summed E-state index contributed by atoms with van der Waals surface area (Å²) >= 11 is 0. The van der Waals surface area contributed by atoms with E-state index in [-0.39, 0.29) is 11.7 Å². The van der Waals surface area contributed by atoms with E-state index in [1.54, 1.807) is 13.0 Å². The molecule has 15 heavy (non-hydrogen) atoms. The highest BCUT2D eigenvalue weighted by Crippen LogP contribution is 1.99. The fourth-order valence-corrected chi connectivity index (χ4v) is 0.829. The summed E-state index contributed by atoms with van der Waals surface area (Å²) in [6, 6.07) is 1.64. The lowest BCUT2D eigenvalue weighted by Crippen LogP contribution is -2.21. The van der Waals surface area contributed by atoms with E-state index in [1.807, 2.05) is 0 Å². The highest BCUT2D eigenvalue weighted by Gasteiger charge is 2.12. The Balaban J connectivity index is 3.65. The fraction of sp³-hybridized carbons (Fsp3) is 0.636. The van der Waals surface area contributed by atoms with E-state index in [4.69, 9.17) is 14.7 Å². The largest absolute Gasteiger partial charge is 0.456 e. The number of carbonyl (C=O) groups is 1. The molecule has 0 rings (SSSR count). The molecule has 0 N–H and O–H groups in total. The molecule has 0 bridgehead atoms. The zero-order valence-corrected chi connectivity index (χ0v) is 9.28. The average molecular weight is 211 g/mol. The number of unbranched alkanes of at least 4 members (excludes halogenated alkanes) is 1. The summed E-state index contributed by atoms with van der Waals surface area (Å²) in [5.74, 6) is -0.677. The van der Waals surface area contributed by atoms with Crippen LogP contribution in [-0.4, -0.2) is 25.3 Å². The van der Waals surface area contributed by atoms with Crippen LogP contribution in [0.15, 0.2) is 12.2 Å². The predicted molar refractivity (Wildman–Crippen MR) is 56.0 cm³/mol. The van der Waals surface area contributed by atoms with Crippen LogP contribution in [0.25, 0.3) is 0 Å². The lowest BCUT2D eigenvalue weighted by atomic mass is 10.3. The molecule has 0 spiro atoms. The van der Waals surface area contributed by atoms with Crippen LogP contribution in [0.2, 0.25) is 0 Å². The number of nitrogens with zero attached hydrogens (tertiary/aromatic N) is 1. The Bertz CT molecular complexity index is 255. The maximum Gasteiger partial charge on any atom is 0.348 e. The summed E-state index contributed by atoms with van der Waals surface area (Å²) in [5, 5.41) is 8.38. The van der Waals surface area contributed by atoms with Gasteiger partial charge in [0.15, 0.2) is 0 Å². The van der Waals surface area contributed by atoms with Crippen LogP contribution in [0.5, 0.6) is 0 Å². The van der Waals surface area contributed by atoms with E-state index in [0.717, 1.165) is 12.8 Å². The van der Waals surface area contributed by atoms with Gasteiger partial charge in [0.2, 0.25) is 0 Å². The monoisotopic (exact) mass is 211 g/mol. The van der Waals surface area contributed by atoms with Gasteiger partial charge in [-0.15, -0.1) is 0 Å². The SMILES string of the molecule is C=C(C#N)C(=O)OC(C)COCCCC. The molecule has 0 aromatic heterocycles. The Labute approximate surface area is 90.5 Å². The second kappa shape index (κ2) is 8.01. The lowest BCUT2D eigenvalue weighted by molar-refractivity contribution is -0.145. The second-order valence-corrected chi connectivity index (χ2v) is 3.23. The van der Waals surface area contributed by atoms with E-state index in [9.17, 15) is 4.79 Å². The molecule has 0 aromatic carbocycles. The molecular formula is C11H17NO3. The van der Waals surface area contributed by atoms with Crippen molar-refractivity contribution in [3.8, 4) is 6.07 Å². The first-order valence-electron chi connectivity index (χ1n) is 4.99. The lowest BCUT2D eigenvalue weighted by Gasteiger charge is -2.12. The summed E-state index contributed by atoms with van der Waals surface area (Å²) in [5.41, 5.74) is -0.185. The average Bonchev–Trinajstić information content (AvgIpc) is 2.23. The van der Waals surface area contributed by atoms with Crippen molar-refractivity contribution in [3.63, 3.8) is 0 Å². The normalized spacial score (nSPS) is 11.5. The smallest absolute Gasteiger partial charge is 0.348 e. The molecule has 0 fully saturated rings. The number of esters is 1. The van der Waals surface area contributed by atoms with Crippen molar-refractivity contribution >= 4 is 5.97 Å². The Morgan fingerprint density at radius 3 is 2.80 bits per heavy atom. The van der Waals surface area contributed by atoms with Crippen LogP contribution in [0.1, 0.15) is 26.7 Å². The zero-order valence-electron chi connectivity index (χ0n) is 9.28. The summed E-state index contributed by atoms with van der Waals surface area (Å²) in [6.45, 7) is 8.07. The van der Waals surface area contributed by atoms with Gasteiger partial charge in [0.25, 0.3) is 0 Å². The van der Waals surface area contributed by atoms with Gasteiger partial charge in [-0.2, -0.15) is 5.26 Å². The summed E-state index contributed by atoms with van der Waals surface area (Å²) in [4.78, 5) is 11.1. The Morgan fingerprint density at radius 2 is 2.27 bits per heavy atom. The predicted octanol–water partition coefficient (Wildman–Crippen LogP) is 1.81. The molecule has 1 unspecified atom stereocenters. The molecule has 0 aliphatic carbocycles. The highest BCUT2D eigenvalue weighted by molar-refractivity contribution is 5.91. The topological polar surface area (TPSA) is 59.3 Å². The molecule has 0 saturated carbocycles. The third kappa shape index (κ3) is 6.69. The Hall–Kier alpha value is -1.34. The van der Waals surface area contributed by atoms with Gasteiger partial charge in [-0.1, -0.05) is 19.9 Å². The van der Waals surface area contributed by atoms with E-state index in [0.29, 0.717) is 13.2 Å². The van der Waals surface area contributed by atoms with Crippen molar-refractivity contribution in [2.45, 2.75) is 32.8 Å². The van der Waals surface area contributed by atoms with Crippen molar-refractivity contribution in [2.75, 3.05) is 13.2 Å². The molecule has 0 aliphatic rings. The van der Waals surface area contributed by atoms with Gasteiger partial charge in [0, 0.05) is 6.61 Å². The van der Waals surface area contributed by atoms with Crippen LogP contribution in [0.4, 0.5) is 0 Å². The third-order valence-corrected chi connectivity index (χ3v) is 1.68. The van der Waals surface area contributed by atoms with Crippen LogP contribution >= 0.6 is 0 Å². The minimum absolute atomic E-state index is 0.185. The van der Waals surface area contributed by atoms with Crippen LogP contribution in [-0.2, 0) is 14.3 Å². The van der Waals surface area contributed by atoms with Crippen LogP contribution in [0, 0.1) is 11.3 Å². The van der Waals surface area contributed by atoms with E-state index >= 15 is 0 Å². The number of hydrogen-bond donors (Lipinski definition) is 0. The molecule has 0 saturated heterocycles. The maximum atomic E-state index is 11.1. The fourth-order valence-electron chi connectivity index (χ4n) is 0.829. The molecule has 0 aromatic rings. The molecule has 4 heteroatoms. The summed E-state index contributed by atoms with van der Waals surface area (Å²) in [7, 11) is 0. The minimum atomic E-state index is -0.677. The Kier molecular flexibility index (Phi) is 7.29. The quantitative estimate of drug-likeness (QED) is 0.279. The highest BCUT2D eigenvalue weighted by atomic mass is 16.6. The van der Waals surface area contributed by atoms with Crippen molar-refractivity contribution < 1.29 is 14.3 Å². The second-order valence-electron chi connectivity index (χ2n) is 3.23. The molecule has 0 heterocycles. The summed E-state index contributed by atoms with van der Waals surface area (Å²) in [6.07, 6.45) is 1.71. The molecular weight excluding hydrogens is 194 g/mol. The molecule has 0 radical (unpaired) electrons. The molecule has 0 aliphatic heterocycles. The van der Waals surface area contributed by atoms with Gasteiger partial charge in [-0.25, -0.2) is 4.79 Å². The van der Waals surface area contributed by atoms with E-state index in [2.05, 4.69) is 13.5 Å². The van der Waals surface area contributed by atoms with Gasteiger partial charge in [-0.05, 0) is 13.3 Å². The van der Waals surface area contributed by atoms with E-state index < -0.39 is 5.97 Å². The number of nitriles is 1. The standard InChI is InChI=1S/C11H17NO3/c1-4-5-6-14-8-10(3)15-11(13)9(2)7-12/h10H,2,4-6,8H2,1,3H3. The van der Waals surface area contributed by atoms with Gasteiger partial charge in [0.1, 0.15) is 17.7 Å². The molecule has 84 valence electrons. The van der Waals surface area contributed by atoms with Crippen molar-refractivity contribution in [1.82, 2.24) is 0 Å². The maximum absolute atomic E-state index is 11.1. The van der Waals surface area contributed by atoms with Crippen LogP contribution in [0.3, 0.4) is 0 Å². The van der Waals surface area contributed by atoms with Gasteiger partial charge >= 0.3 is 5.97 Å². The van der Waals surface area contributed by atoms with E-state index in [1.165, 1.54) is 0 Å². The number of hydrogen-bond acceptors (Lipinski definition) is 4. The summed E-state index contributed by atoms with van der Waals surface area (Å²) < 4.78 is 10.2. The Morgan fingerprint density at radius 1 is 1.60 bits per heavy atom. The van der Waals surface area contributed by atoms with Gasteiger partial charge in [0.05, 0.1) is 6.61 Å². The molecule has 4 nitrogen and oxygen atoms in total. The number of carbonyl (C=O) groups excluding carboxylic acids is 1. The zero-order chi connectivity index (χ0) is 11.7. The van der Waals surface area contributed by atoms with Crippen LogP contribution < -0.4 is 0 Å². The van der Waals surface area contributed by atoms with Crippen molar-refractivity contribution in [1.29, 1.82) is 5.26 Å². The van der Waals surface area contributed by atoms with Crippen molar-refractivity contribution in [3.05, 3.63) is 12.2 Å². The first kappa shape index (κ1) is 13.7. The minimum Gasteiger partial charge on any atom is -0.456 e. The molecule has 1 atom stereocenters. The molecule has 0 amide bonds. The first-order valence-corrected chi connectivity index (χ1v) is 4.99. The van der Waals surface area contributed by atoms with Gasteiger partial charge < -0.3 is 9.47 Å². The number of rotatable bonds is 7. The third-order valence-electron chi connectivity index (χ3n) is 1.68. The van der Waals surface area contributed by atoms with Gasteiger partial charge in [-0.3, -0.25) is 0 Å². The first-order chi connectivity index (χ1) is 7.11. The number of ether oxygens (including phenoxy) is 2.